The molecule has 4 aliphatic heterocycles. The Balaban J connectivity index is 0.00000235. The number of rotatable bonds is 11. The molecule has 0 radical (unpaired) electrons. The molecule has 21 heteroatoms. The van der Waals surface area contributed by atoms with E-state index in [-0.39, 0.29) is 72.9 Å². The number of cyclic esters (lactones) is 1. The van der Waals surface area contributed by atoms with E-state index < -0.39 is 17.7 Å². The lowest BCUT2D eigenvalue weighted by Crippen LogP contribution is -2.59. The highest BCUT2D eigenvalue weighted by Gasteiger charge is 2.45. The van der Waals surface area contributed by atoms with Gasteiger partial charge >= 0.3 is 12.1 Å². The van der Waals surface area contributed by atoms with E-state index in [1.54, 1.807) is 41.8 Å². The highest BCUT2D eigenvalue weighted by Crippen LogP contribution is 2.41. The van der Waals surface area contributed by atoms with Crippen molar-refractivity contribution in [2.75, 3.05) is 51.7 Å². The number of nitrogens with zero attached hydrogens (tertiary/aromatic N) is 9. The molecule has 5 aromatic rings. The monoisotopic (exact) mass is 1070 g/mol. The molecular weight excluding hydrogens is 1010 g/mol. The zero-order valence-corrected chi connectivity index (χ0v) is 45.0. The van der Waals surface area contributed by atoms with Crippen molar-refractivity contribution in [2.45, 2.75) is 122 Å². The number of carbonyl (C=O) groups is 4. The summed E-state index contributed by atoms with van der Waals surface area (Å²) >= 11 is 6.34. The van der Waals surface area contributed by atoms with E-state index >= 15 is 0 Å². The maximum absolute atomic E-state index is 14.1. The number of pyridine rings is 2. The maximum Gasteiger partial charge on any atom is 0.415 e. The second kappa shape index (κ2) is 22.8. The molecule has 10 rings (SSSR count). The van der Waals surface area contributed by atoms with Gasteiger partial charge in [-0.15, -0.1) is 10.2 Å². The first kappa shape index (κ1) is 54.6. The van der Waals surface area contributed by atoms with E-state index in [9.17, 15) is 29.5 Å². The van der Waals surface area contributed by atoms with Gasteiger partial charge < -0.3 is 49.0 Å². The van der Waals surface area contributed by atoms with Crippen LogP contribution in [0.25, 0.3) is 22.3 Å². The quantitative estimate of drug-likeness (QED) is 0.0939. The van der Waals surface area contributed by atoms with Gasteiger partial charge in [0.25, 0.3) is 17.9 Å². The number of benzene rings is 2. The Bertz CT molecular complexity index is 3190. The van der Waals surface area contributed by atoms with E-state index in [4.69, 9.17) is 40.7 Å². The molecule has 3 atom stereocenters. The van der Waals surface area contributed by atoms with Gasteiger partial charge in [0, 0.05) is 85.0 Å². The average Bonchev–Trinajstić information content (AvgIpc) is 3.83. The van der Waals surface area contributed by atoms with E-state index in [1.165, 1.54) is 0 Å². The molecular formula is C56H65ClN10O10. The summed E-state index contributed by atoms with van der Waals surface area (Å²) in [6, 6.07) is 16.6. The van der Waals surface area contributed by atoms with E-state index in [0.717, 1.165) is 86.1 Å². The van der Waals surface area contributed by atoms with Crippen LogP contribution in [0.15, 0.2) is 53.3 Å². The van der Waals surface area contributed by atoms with E-state index in [2.05, 4.69) is 45.2 Å². The predicted octanol–water partition coefficient (Wildman–Crippen LogP) is 6.40. The number of ether oxygens (including phenoxy) is 3. The second-order valence-electron chi connectivity index (χ2n) is 21.2. The molecule has 406 valence electrons. The first-order valence-electron chi connectivity index (χ1n) is 26.3. The number of fused-ring (bicyclic) bond motifs is 5. The Morgan fingerprint density at radius 3 is 2.40 bits per heavy atom. The van der Waals surface area contributed by atoms with Gasteiger partial charge in [-0.2, -0.15) is 5.26 Å². The van der Waals surface area contributed by atoms with Crippen molar-refractivity contribution in [3.8, 4) is 29.0 Å². The Morgan fingerprint density at radius 1 is 1.00 bits per heavy atom. The number of hydrogen-bond acceptors (Lipinski definition) is 16. The lowest BCUT2D eigenvalue weighted by Gasteiger charge is -2.45. The number of amides is 2. The number of nitriles is 1. The Hall–Kier alpha value is -7.18. The largest absolute Gasteiger partial charge is 0.490 e. The third kappa shape index (κ3) is 11.0. The molecule has 20 nitrogen and oxygen atoms in total. The number of anilines is 1. The number of carboxylic acid groups (broad SMARTS) is 1. The van der Waals surface area contributed by atoms with Crippen molar-refractivity contribution < 1.29 is 43.6 Å². The lowest BCUT2D eigenvalue weighted by molar-refractivity contribution is -0.172. The van der Waals surface area contributed by atoms with Gasteiger partial charge in [0.2, 0.25) is 0 Å². The van der Waals surface area contributed by atoms with Gasteiger partial charge in [0.1, 0.15) is 24.2 Å². The minimum Gasteiger partial charge on any atom is -0.490 e. The van der Waals surface area contributed by atoms with Gasteiger partial charge in [-0.25, -0.2) is 14.6 Å². The summed E-state index contributed by atoms with van der Waals surface area (Å²) in [4.78, 5) is 75.7. The summed E-state index contributed by atoms with van der Waals surface area (Å²) in [6.07, 6.45) is 4.72. The van der Waals surface area contributed by atoms with Crippen LogP contribution in [0.2, 0.25) is 5.02 Å². The normalized spacial score (nSPS) is 22.2. The Labute approximate surface area is 451 Å². The zero-order valence-electron chi connectivity index (χ0n) is 44.3. The third-order valence-electron chi connectivity index (χ3n) is 15.9. The van der Waals surface area contributed by atoms with Gasteiger partial charge in [0.15, 0.2) is 17.1 Å². The van der Waals surface area contributed by atoms with Crippen LogP contribution in [-0.2, 0) is 39.6 Å². The highest BCUT2D eigenvalue weighted by atomic mass is 35.5. The van der Waals surface area contributed by atoms with Gasteiger partial charge in [-0.3, -0.25) is 19.3 Å². The summed E-state index contributed by atoms with van der Waals surface area (Å²) in [5.74, 6) is 1.36. The van der Waals surface area contributed by atoms with Crippen LogP contribution in [0.3, 0.4) is 0 Å². The molecule has 0 unspecified atom stereocenters. The highest BCUT2D eigenvalue weighted by molar-refractivity contribution is 6.32. The number of aliphatic hydroxyl groups is 1. The zero-order chi connectivity index (χ0) is 54.9. The molecule has 5 aliphatic rings. The van der Waals surface area contributed by atoms with Gasteiger partial charge in [0.05, 0.1) is 45.7 Å². The van der Waals surface area contributed by atoms with E-state index in [0.29, 0.717) is 70.2 Å². The number of hydrogen-bond donors (Lipinski definition) is 3. The number of piperazine rings is 1. The standard InChI is InChI=1S/C55H63ClN10O8.CH2O2/c1-7-55(71)42-23-45-50-36(28-66(45)52(68)41(42)30-72-53(55)69)22-39-40(29-62(5)6)47(16-13-43(39)59-50)74-54(70)65-26-31(2)64(25-32(65)3)27-34-18-20-63(21-19-34)48-17-14-44(60-61-48)51(67)58-37-9-11-38(12-10-37)73-46-15-8-35(24-57)49(56)33(46)4;2-1-3/h8,13-17,22-23,31-32,34,37-38,71H,7,9-12,18-21,25-30H2,1-6H3,(H,58,67);1H,(H,2,3)/t31-,32+,37?,38?,55-;/m0./s1. The van der Waals surface area contributed by atoms with Crippen LogP contribution >= 0.6 is 11.6 Å². The van der Waals surface area contributed by atoms with Crippen molar-refractivity contribution >= 4 is 52.8 Å². The Kier molecular flexibility index (Phi) is 16.2. The van der Waals surface area contributed by atoms with Crippen molar-refractivity contribution in [2.24, 2.45) is 5.92 Å². The van der Waals surface area contributed by atoms with Crippen LogP contribution in [-0.4, -0.2) is 140 Å². The smallest absolute Gasteiger partial charge is 0.415 e. The average molecular weight is 1070 g/mol. The minimum atomic E-state index is -1.91. The summed E-state index contributed by atoms with van der Waals surface area (Å²) in [5.41, 5.74) is 3.19. The number of carbonyl (C=O) groups excluding carboxylic acids is 3. The first-order chi connectivity index (χ1) is 36.9. The number of piperidine rings is 1. The fraction of sp³-hybridized carbons (Fsp3) is 0.482. The molecule has 1 saturated carbocycles. The van der Waals surface area contributed by atoms with Crippen LogP contribution in [0, 0.1) is 24.2 Å². The molecule has 0 spiro atoms. The number of halogens is 1. The molecule has 2 saturated heterocycles. The maximum atomic E-state index is 14.1. The predicted molar refractivity (Wildman–Crippen MR) is 286 cm³/mol. The van der Waals surface area contributed by atoms with Gasteiger partial charge in [-0.1, -0.05) is 18.5 Å². The summed E-state index contributed by atoms with van der Waals surface area (Å²) in [5, 5.41) is 40.6. The molecule has 3 aromatic heterocycles. The summed E-state index contributed by atoms with van der Waals surface area (Å²) in [6.45, 7) is 11.9. The van der Waals surface area contributed by atoms with Gasteiger partial charge in [-0.05, 0) is 134 Å². The summed E-state index contributed by atoms with van der Waals surface area (Å²) in [7, 11) is 3.91. The molecule has 2 amide bonds. The molecule has 1 aliphatic carbocycles. The molecule has 2 aromatic carbocycles. The van der Waals surface area contributed by atoms with Crippen LogP contribution in [0.4, 0.5) is 10.6 Å². The Morgan fingerprint density at radius 2 is 1.73 bits per heavy atom. The molecule has 3 N–H and O–H groups in total. The molecule has 7 heterocycles. The molecule has 3 fully saturated rings. The minimum absolute atomic E-state index is 0.000940. The lowest BCUT2D eigenvalue weighted by atomic mass is 9.86. The topological polar surface area (TPSA) is 246 Å². The molecule has 77 heavy (non-hydrogen) atoms. The van der Waals surface area contributed by atoms with Crippen molar-refractivity contribution in [1.29, 1.82) is 5.26 Å². The second-order valence-corrected chi connectivity index (χ2v) is 21.5. The SMILES string of the molecule is CC[C@@]1(O)C(=O)OCc2c1cc1n(c2=O)Cc2cc3c(CN(C)C)c(OC(=O)N4C[C@H](C)N(CC5CCN(c6ccc(C(=O)NC7CCC(Oc8ccc(C#N)c(Cl)c8C)CC7)nn6)CC5)C[C@H]4C)ccc3nc2-1.O=CO. The van der Waals surface area contributed by atoms with Crippen LogP contribution in [0.5, 0.6) is 11.5 Å². The van der Waals surface area contributed by atoms with Crippen LogP contribution < -0.4 is 25.2 Å². The number of esters is 1. The van der Waals surface area contributed by atoms with Crippen molar-refractivity contribution in [3.05, 3.63) is 103 Å². The number of aromatic nitrogens is 4. The van der Waals surface area contributed by atoms with E-state index in [1.807, 2.05) is 49.0 Å². The fourth-order valence-electron chi connectivity index (χ4n) is 11.5. The van der Waals surface area contributed by atoms with Crippen LogP contribution in [0.1, 0.15) is 110 Å². The van der Waals surface area contributed by atoms with Crippen molar-refractivity contribution in [1.82, 2.24) is 39.8 Å². The number of nitrogens with one attached hydrogen (secondary N) is 1. The first-order valence-corrected chi connectivity index (χ1v) is 26.7. The molecule has 0 bridgehead atoms. The van der Waals surface area contributed by atoms with Crippen molar-refractivity contribution in [3.63, 3.8) is 0 Å². The summed E-state index contributed by atoms with van der Waals surface area (Å²) < 4.78 is 19.4. The fourth-order valence-corrected chi connectivity index (χ4v) is 11.7. The third-order valence-corrected chi connectivity index (χ3v) is 16.3.